The normalized spacial score (nSPS) is 11.3. The Morgan fingerprint density at radius 3 is 2.32 bits per heavy atom. The molecular formula is C20H25O7P. The number of esters is 1. The molecule has 0 amide bonds. The van der Waals surface area contributed by atoms with Gasteiger partial charge in [-0.3, -0.25) is 9.36 Å². The van der Waals surface area contributed by atoms with Crippen molar-refractivity contribution in [3.8, 4) is 11.5 Å². The standard InChI is InChI=1S/C20H25O7P/c1-4-26-20(22)11-16-9-15(5-6-19(16)21)10-18-13(2)7-17(8-14(18)3)27-12-28(23,24)25/h5-9,21H,4,10-12H2,1-3H3,(H2,23,24,25). The lowest BCUT2D eigenvalue weighted by molar-refractivity contribution is -0.142. The van der Waals surface area contributed by atoms with Crippen LogP contribution in [-0.4, -0.2) is 33.8 Å². The van der Waals surface area contributed by atoms with Gasteiger partial charge >= 0.3 is 13.6 Å². The second kappa shape index (κ2) is 9.24. The van der Waals surface area contributed by atoms with Crippen LogP contribution in [0.15, 0.2) is 30.3 Å². The Morgan fingerprint density at radius 1 is 1.11 bits per heavy atom. The minimum Gasteiger partial charge on any atom is -0.508 e. The zero-order valence-corrected chi connectivity index (χ0v) is 17.0. The molecule has 0 spiro atoms. The Kier molecular flexibility index (Phi) is 7.24. The maximum Gasteiger partial charge on any atom is 0.362 e. The van der Waals surface area contributed by atoms with Gasteiger partial charge in [-0.2, -0.15) is 0 Å². The summed E-state index contributed by atoms with van der Waals surface area (Å²) in [5, 5.41) is 10.0. The molecule has 8 heteroatoms. The topological polar surface area (TPSA) is 113 Å². The minimum absolute atomic E-state index is 0.000626. The van der Waals surface area contributed by atoms with Crippen LogP contribution >= 0.6 is 7.60 Å². The molecule has 7 nitrogen and oxygen atoms in total. The molecule has 2 rings (SSSR count). The molecule has 0 heterocycles. The van der Waals surface area contributed by atoms with Gasteiger partial charge < -0.3 is 24.4 Å². The van der Waals surface area contributed by atoms with Crippen molar-refractivity contribution >= 4 is 13.6 Å². The Balaban J connectivity index is 2.21. The predicted molar refractivity (Wildman–Crippen MR) is 105 cm³/mol. The maximum atomic E-state index is 11.7. The van der Waals surface area contributed by atoms with Gasteiger partial charge in [-0.1, -0.05) is 12.1 Å². The Hall–Kier alpha value is -2.34. The third-order valence-electron chi connectivity index (χ3n) is 4.23. The fourth-order valence-corrected chi connectivity index (χ4v) is 3.25. The molecule has 152 valence electrons. The molecule has 0 atom stereocenters. The van der Waals surface area contributed by atoms with Gasteiger partial charge in [0.2, 0.25) is 0 Å². The largest absolute Gasteiger partial charge is 0.508 e. The zero-order valence-electron chi connectivity index (χ0n) is 16.1. The number of phenolic OH excluding ortho intramolecular Hbond substituents is 1. The molecule has 0 unspecified atom stereocenters. The third kappa shape index (κ3) is 6.37. The number of hydrogen-bond donors (Lipinski definition) is 3. The van der Waals surface area contributed by atoms with E-state index in [1.807, 2.05) is 13.8 Å². The van der Waals surface area contributed by atoms with Crippen molar-refractivity contribution < 1.29 is 33.7 Å². The summed E-state index contributed by atoms with van der Waals surface area (Å²) in [5.74, 6) is 0.0519. The zero-order chi connectivity index (χ0) is 20.9. The molecular weight excluding hydrogens is 383 g/mol. The highest BCUT2D eigenvalue weighted by Crippen LogP contribution is 2.35. The molecule has 0 aliphatic rings. The monoisotopic (exact) mass is 408 g/mol. The first-order chi connectivity index (χ1) is 13.1. The van der Waals surface area contributed by atoms with E-state index in [1.165, 1.54) is 0 Å². The number of phenols is 1. The molecule has 0 saturated carbocycles. The lowest BCUT2D eigenvalue weighted by Crippen LogP contribution is -2.08. The SMILES string of the molecule is CCOC(=O)Cc1cc(Cc2c(C)cc(OCP(=O)(O)O)cc2C)ccc1O. The summed E-state index contributed by atoms with van der Waals surface area (Å²) in [7, 11) is -4.24. The van der Waals surface area contributed by atoms with Crippen molar-refractivity contribution in [2.24, 2.45) is 0 Å². The van der Waals surface area contributed by atoms with Crippen LogP contribution in [0.1, 0.15) is 34.7 Å². The summed E-state index contributed by atoms with van der Waals surface area (Å²) in [6, 6.07) is 8.60. The van der Waals surface area contributed by atoms with E-state index in [0.29, 0.717) is 17.7 Å². The van der Waals surface area contributed by atoms with E-state index < -0.39 is 19.9 Å². The van der Waals surface area contributed by atoms with Gasteiger partial charge in [-0.25, -0.2) is 0 Å². The molecule has 28 heavy (non-hydrogen) atoms. The quantitative estimate of drug-likeness (QED) is 0.454. The summed E-state index contributed by atoms with van der Waals surface area (Å²) in [5.41, 5.74) is 4.30. The number of carbonyl (C=O) groups excluding carboxylic acids is 1. The summed E-state index contributed by atoms with van der Waals surface area (Å²) < 4.78 is 21.1. The van der Waals surface area contributed by atoms with E-state index in [9.17, 15) is 14.5 Å². The van der Waals surface area contributed by atoms with Gasteiger partial charge in [0, 0.05) is 5.56 Å². The molecule has 0 radical (unpaired) electrons. The number of aromatic hydroxyl groups is 1. The van der Waals surface area contributed by atoms with E-state index >= 15 is 0 Å². The van der Waals surface area contributed by atoms with Gasteiger partial charge in [0.1, 0.15) is 11.5 Å². The van der Waals surface area contributed by atoms with Crippen LogP contribution in [0.25, 0.3) is 0 Å². The van der Waals surface area contributed by atoms with Crippen molar-refractivity contribution in [3.05, 3.63) is 58.1 Å². The van der Waals surface area contributed by atoms with E-state index in [2.05, 4.69) is 0 Å². The van der Waals surface area contributed by atoms with Gasteiger partial charge in [-0.15, -0.1) is 0 Å². The van der Waals surface area contributed by atoms with Crippen molar-refractivity contribution in [3.63, 3.8) is 0 Å². The van der Waals surface area contributed by atoms with Gasteiger partial charge in [0.25, 0.3) is 0 Å². The van der Waals surface area contributed by atoms with Crippen molar-refractivity contribution in [1.29, 1.82) is 0 Å². The molecule has 3 N–H and O–H groups in total. The fraction of sp³-hybridized carbons (Fsp3) is 0.350. The number of rotatable bonds is 8. The van der Waals surface area contributed by atoms with E-state index in [1.54, 1.807) is 37.3 Å². The van der Waals surface area contributed by atoms with Gasteiger partial charge in [0.15, 0.2) is 6.35 Å². The van der Waals surface area contributed by atoms with E-state index in [4.69, 9.17) is 19.3 Å². The van der Waals surface area contributed by atoms with Crippen LogP contribution in [0.5, 0.6) is 11.5 Å². The highest BCUT2D eigenvalue weighted by atomic mass is 31.2. The number of ether oxygens (including phenoxy) is 2. The Labute approximate surface area is 164 Å². The molecule has 2 aromatic rings. The molecule has 0 aliphatic carbocycles. The van der Waals surface area contributed by atoms with Crippen LogP contribution in [0, 0.1) is 13.8 Å². The molecule has 0 aromatic heterocycles. The molecule has 0 saturated heterocycles. The summed E-state index contributed by atoms with van der Waals surface area (Å²) in [4.78, 5) is 29.6. The van der Waals surface area contributed by atoms with Gasteiger partial charge in [0.05, 0.1) is 13.0 Å². The van der Waals surface area contributed by atoms with Crippen LogP contribution in [0.2, 0.25) is 0 Å². The van der Waals surface area contributed by atoms with Crippen LogP contribution in [0.4, 0.5) is 0 Å². The summed E-state index contributed by atoms with van der Waals surface area (Å²) in [6.07, 6.45) is -0.0897. The first-order valence-corrected chi connectivity index (χ1v) is 10.6. The summed E-state index contributed by atoms with van der Waals surface area (Å²) >= 11 is 0. The minimum atomic E-state index is -4.24. The van der Waals surface area contributed by atoms with Crippen LogP contribution in [0.3, 0.4) is 0 Å². The number of benzene rings is 2. The van der Waals surface area contributed by atoms with Crippen molar-refractivity contribution in [2.45, 2.75) is 33.6 Å². The molecule has 2 aromatic carbocycles. The lowest BCUT2D eigenvalue weighted by Gasteiger charge is -2.15. The Bertz CT molecular complexity index is 878. The fourth-order valence-electron chi connectivity index (χ4n) is 2.94. The number of hydrogen-bond acceptors (Lipinski definition) is 5. The smallest absolute Gasteiger partial charge is 0.362 e. The highest BCUT2D eigenvalue weighted by molar-refractivity contribution is 7.51. The lowest BCUT2D eigenvalue weighted by atomic mass is 9.94. The molecule has 0 bridgehead atoms. The Morgan fingerprint density at radius 2 is 1.75 bits per heavy atom. The number of carbonyl (C=O) groups is 1. The second-order valence-corrected chi connectivity index (χ2v) is 8.18. The first-order valence-electron chi connectivity index (χ1n) is 8.83. The van der Waals surface area contributed by atoms with E-state index in [-0.39, 0.29) is 18.8 Å². The van der Waals surface area contributed by atoms with Crippen LogP contribution in [-0.2, 0) is 26.9 Å². The highest BCUT2D eigenvalue weighted by Gasteiger charge is 2.15. The maximum absolute atomic E-state index is 11.7. The van der Waals surface area contributed by atoms with Crippen molar-refractivity contribution in [1.82, 2.24) is 0 Å². The second-order valence-electron chi connectivity index (χ2n) is 6.60. The van der Waals surface area contributed by atoms with Crippen molar-refractivity contribution in [2.75, 3.05) is 13.0 Å². The third-order valence-corrected chi connectivity index (χ3v) is 4.70. The van der Waals surface area contributed by atoms with Crippen LogP contribution < -0.4 is 4.74 Å². The molecule has 0 fully saturated rings. The first kappa shape index (κ1) is 22.0. The predicted octanol–water partition coefficient (Wildman–Crippen LogP) is 3.22. The number of aryl methyl sites for hydroxylation is 2. The molecule has 0 aliphatic heterocycles. The van der Waals surface area contributed by atoms with Gasteiger partial charge in [-0.05, 0) is 67.6 Å². The summed E-state index contributed by atoms with van der Waals surface area (Å²) in [6.45, 7) is 5.81. The average Bonchev–Trinajstić information content (AvgIpc) is 2.58. The average molecular weight is 408 g/mol. The van der Waals surface area contributed by atoms with E-state index in [0.717, 1.165) is 22.3 Å².